The Morgan fingerprint density at radius 2 is 1.75 bits per heavy atom. The van der Waals surface area contributed by atoms with E-state index in [1.54, 1.807) is 18.1 Å². The van der Waals surface area contributed by atoms with Crippen molar-refractivity contribution in [2.75, 3.05) is 50.0 Å². The van der Waals surface area contributed by atoms with Crippen LogP contribution in [0.25, 0.3) is 0 Å². The maximum atomic E-state index is 12.4. The minimum atomic E-state index is -0.626. The fraction of sp³-hybridized carbons (Fsp3) is 0.600. The molecule has 1 atom stereocenters. The topological polar surface area (TPSA) is 120 Å². The van der Waals surface area contributed by atoms with Gasteiger partial charge in [-0.1, -0.05) is 25.0 Å². The van der Waals surface area contributed by atoms with Crippen LogP contribution < -0.4 is 21.3 Å². The number of aromatic nitrogens is 2. The van der Waals surface area contributed by atoms with E-state index in [1.165, 1.54) is 57.2 Å². The minimum absolute atomic E-state index is 0.0156. The monoisotopic (exact) mass is 548 g/mol. The van der Waals surface area contributed by atoms with Gasteiger partial charge < -0.3 is 31.1 Å². The number of primary amides is 1. The Balaban J connectivity index is 1.23. The summed E-state index contributed by atoms with van der Waals surface area (Å²) >= 11 is 0. The molecule has 216 valence electrons. The predicted molar refractivity (Wildman–Crippen MR) is 158 cm³/mol. The predicted octanol–water partition coefficient (Wildman–Crippen LogP) is 4.07. The molecule has 1 aromatic heterocycles. The molecule has 3 aliphatic rings. The average Bonchev–Trinajstić information content (AvgIpc) is 3.52. The smallest absolute Gasteiger partial charge is 0.317 e. The number of anilines is 3. The Hall–Kier alpha value is -3.40. The first-order valence-electron chi connectivity index (χ1n) is 15.0. The largest absolute Gasteiger partial charge is 0.364 e. The molecule has 10 heteroatoms. The van der Waals surface area contributed by atoms with E-state index in [9.17, 15) is 9.59 Å². The number of nitrogens with two attached hydrogens (primary N) is 1. The number of hydrogen-bond donors (Lipinski definition) is 3. The van der Waals surface area contributed by atoms with Crippen molar-refractivity contribution in [3.05, 3.63) is 41.7 Å². The molecular formula is C30H44N8O2. The first-order chi connectivity index (χ1) is 19.4. The second-order valence-corrected chi connectivity index (χ2v) is 11.5. The molecule has 0 bridgehead atoms. The summed E-state index contributed by atoms with van der Waals surface area (Å²) in [5.74, 6) is 0.958. The van der Waals surface area contributed by atoms with Crippen LogP contribution in [-0.4, -0.2) is 83.6 Å². The molecule has 2 aliphatic heterocycles. The van der Waals surface area contributed by atoms with Crippen LogP contribution in [-0.2, 0) is 0 Å². The molecule has 4 N–H and O–H groups in total. The normalized spacial score (nSPS) is 20.9. The lowest BCUT2D eigenvalue weighted by atomic mass is 9.88. The molecule has 1 aliphatic carbocycles. The Kier molecular flexibility index (Phi) is 9.04. The lowest BCUT2D eigenvalue weighted by Crippen LogP contribution is -2.51. The standard InChI is InChI=1S/C30H44N8O2/c1-3-36(2)30(40)34-24-7-6-16-38(20-24)26-19-32-27(28(31)39)29(35-26)33-23-12-10-21(11-13-23)22-14-17-37(18-15-22)25-8-4-5-9-25/h10-13,19,22,24-25H,3-9,14-18,20H2,1-2H3,(H2,31,39)(H,33,35)(H,34,40)/t24-/m1/s1. The summed E-state index contributed by atoms with van der Waals surface area (Å²) in [6.45, 7) is 6.41. The zero-order valence-corrected chi connectivity index (χ0v) is 23.9. The van der Waals surface area contributed by atoms with Crippen molar-refractivity contribution in [2.45, 2.75) is 76.3 Å². The third-order valence-electron chi connectivity index (χ3n) is 8.90. The van der Waals surface area contributed by atoms with Gasteiger partial charge in [-0.15, -0.1) is 0 Å². The van der Waals surface area contributed by atoms with E-state index in [2.05, 4.69) is 49.7 Å². The van der Waals surface area contributed by atoms with Gasteiger partial charge in [-0.25, -0.2) is 14.8 Å². The molecule has 1 saturated carbocycles. The van der Waals surface area contributed by atoms with Crippen molar-refractivity contribution in [2.24, 2.45) is 5.73 Å². The van der Waals surface area contributed by atoms with Crippen molar-refractivity contribution >= 4 is 29.3 Å². The molecule has 1 aromatic carbocycles. The summed E-state index contributed by atoms with van der Waals surface area (Å²) in [5, 5.41) is 6.39. The maximum absolute atomic E-state index is 12.4. The summed E-state index contributed by atoms with van der Waals surface area (Å²) in [6, 6.07) is 9.22. The van der Waals surface area contributed by atoms with E-state index < -0.39 is 5.91 Å². The number of carbonyl (C=O) groups excluding carboxylic acids is 2. The van der Waals surface area contributed by atoms with Gasteiger partial charge in [-0.3, -0.25) is 4.79 Å². The number of hydrogen-bond acceptors (Lipinski definition) is 7. The Bertz CT molecular complexity index is 1160. The second-order valence-electron chi connectivity index (χ2n) is 11.5. The molecule has 40 heavy (non-hydrogen) atoms. The number of carbonyl (C=O) groups is 2. The summed E-state index contributed by atoms with van der Waals surface area (Å²) in [5.41, 5.74) is 7.95. The summed E-state index contributed by atoms with van der Waals surface area (Å²) in [7, 11) is 1.79. The number of nitrogens with one attached hydrogen (secondary N) is 2. The van der Waals surface area contributed by atoms with Crippen LogP contribution >= 0.6 is 0 Å². The van der Waals surface area contributed by atoms with E-state index in [4.69, 9.17) is 10.7 Å². The SMILES string of the molecule is CCN(C)C(=O)N[C@@H]1CCCN(c2cnc(C(N)=O)c(Nc3ccc(C4CCN(C5CCCC5)CC4)cc3)n2)C1. The number of benzene rings is 1. The van der Waals surface area contributed by atoms with Gasteiger partial charge in [0.15, 0.2) is 11.5 Å². The van der Waals surface area contributed by atoms with Crippen molar-refractivity contribution in [3.63, 3.8) is 0 Å². The van der Waals surface area contributed by atoms with E-state index >= 15 is 0 Å². The summed E-state index contributed by atoms with van der Waals surface area (Å²) in [4.78, 5) is 40.1. The molecule has 2 saturated heterocycles. The second kappa shape index (κ2) is 12.8. The van der Waals surface area contributed by atoms with Gasteiger partial charge in [0.2, 0.25) is 0 Å². The van der Waals surface area contributed by atoms with Crippen LogP contribution in [0.2, 0.25) is 0 Å². The van der Waals surface area contributed by atoms with Crippen molar-refractivity contribution in [1.29, 1.82) is 0 Å². The quantitative estimate of drug-likeness (QED) is 0.455. The first kappa shape index (κ1) is 28.1. The van der Waals surface area contributed by atoms with Crippen LogP contribution in [0.5, 0.6) is 0 Å². The number of rotatable bonds is 8. The molecule has 10 nitrogen and oxygen atoms in total. The van der Waals surface area contributed by atoms with Gasteiger partial charge in [-0.05, 0) is 82.2 Å². The molecule has 5 rings (SSSR count). The third kappa shape index (κ3) is 6.66. The molecule has 3 heterocycles. The van der Waals surface area contributed by atoms with E-state index in [-0.39, 0.29) is 17.8 Å². The van der Waals surface area contributed by atoms with Crippen molar-refractivity contribution in [3.8, 4) is 0 Å². The Labute approximate surface area is 237 Å². The minimum Gasteiger partial charge on any atom is -0.364 e. The highest BCUT2D eigenvalue weighted by Crippen LogP contribution is 2.33. The molecular weight excluding hydrogens is 504 g/mol. The number of nitrogens with zero attached hydrogens (tertiary/aromatic N) is 5. The number of piperidine rings is 2. The Morgan fingerprint density at radius 1 is 1.02 bits per heavy atom. The third-order valence-corrected chi connectivity index (χ3v) is 8.90. The fourth-order valence-corrected chi connectivity index (χ4v) is 6.37. The lowest BCUT2D eigenvalue weighted by molar-refractivity contribution is 0.0996. The zero-order chi connectivity index (χ0) is 28.1. The fourth-order valence-electron chi connectivity index (χ4n) is 6.37. The van der Waals surface area contributed by atoms with E-state index in [1.807, 2.05) is 6.92 Å². The number of urea groups is 1. The Morgan fingerprint density at radius 3 is 2.42 bits per heavy atom. The highest BCUT2D eigenvalue weighted by atomic mass is 16.2. The highest BCUT2D eigenvalue weighted by molar-refractivity contribution is 5.96. The van der Waals surface area contributed by atoms with Crippen LogP contribution in [0.3, 0.4) is 0 Å². The lowest BCUT2D eigenvalue weighted by Gasteiger charge is -2.36. The molecule has 0 spiro atoms. The van der Waals surface area contributed by atoms with Gasteiger partial charge in [0.1, 0.15) is 5.82 Å². The van der Waals surface area contributed by atoms with E-state index in [0.717, 1.165) is 31.1 Å². The zero-order valence-electron chi connectivity index (χ0n) is 23.9. The highest BCUT2D eigenvalue weighted by Gasteiger charge is 2.28. The average molecular weight is 549 g/mol. The van der Waals surface area contributed by atoms with Crippen molar-refractivity contribution in [1.82, 2.24) is 25.1 Å². The molecule has 3 amide bonds. The molecule has 2 aromatic rings. The van der Waals surface area contributed by atoms with Crippen LogP contribution in [0.15, 0.2) is 30.5 Å². The molecule has 0 radical (unpaired) electrons. The van der Waals surface area contributed by atoms with Crippen molar-refractivity contribution < 1.29 is 9.59 Å². The van der Waals surface area contributed by atoms with Gasteiger partial charge in [-0.2, -0.15) is 0 Å². The molecule has 3 fully saturated rings. The number of amides is 3. The summed E-state index contributed by atoms with van der Waals surface area (Å²) in [6.07, 6.45) is 11.3. The van der Waals surface area contributed by atoms with Gasteiger partial charge >= 0.3 is 6.03 Å². The number of likely N-dealkylation sites (tertiary alicyclic amines) is 1. The summed E-state index contributed by atoms with van der Waals surface area (Å²) < 4.78 is 0. The van der Waals surface area contributed by atoms with Gasteiger partial charge in [0.25, 0.3) is 5.91 Å². The van der Waals surface area contributed by atoms with Crippen LogP contribution in [0.1, 0.15) is 80.3 Å². The van der Waals surface area contributed by atoms with E-state index in [0.29, 0.717) is 30.6 Å². The van der Waals surface area contributed by atoms with Gasteiger partial charge in [0.05, 0.1) is 6.20 Å². The van der Waals surface area contributed by atoms with Gasteiger partial charge in [0, 0.05) is 44.5 Å². The molecule has 0 unspecified atom stereocenters. The maximum Gasteiger partial charge on any atom is 0.317 e. The van der Waals surface area contributed by atoms with Crippen LogP contribution in [0, 0.1) is 0 Å². The van der Waals surface area contributed by atoms with Crippen LogP contribution in [0.4, 0.5) is 22.1 Å². The first-order valence-corrected chi connectivity index (χ1v) is 15.0.